The molecule has 6 nitrogen and oxygen atoms in total. The normalized spacial score (nSPS) is 14.7. The predicted molar refractivity (Wildman–Crippen MR) is 63.0 cm³/mol. The summed E-state index contributed by atoms with van der Waals surface area (Å²) < 4.78 is 1.66. The first-order valence-corrected chi connectivity index (χ1v) is 6.00. The fourth-order valence-corrected chi connectivity index (χ4v) is 2.24. The highest BCUT2D eigenvalue weighted by molar-refractivity contribution is 7.99. The number of aromatic nitrogens is 3. The SMILES string of the molecule is CCNC(C)(CSc1ncnn1C)C(N)=O. The number of nitrogens with one attached hydrogen (secondary N) is 1. The van der Waals surface area contributed by atoms with E-state index in [-0.39, 0.29) is 5.91 Å². The number of thioether (sulfide) groups is 1. The molecule has 0 spiro atoms. The van der Waals surface area contributed by atoms with Gasteiger partial charge in [-0.2, -0.15) is 5.10 Å². The van der Waals surface area contributed by atoms with Gasteiger partial charge in [-0.3, -0.25) is 4.79 Å². The monoisotopic (exact) mass is 243 g/mol. The molecular weight excluding hydrogens is 226 g/mol. The van der Waals surface area contributed by atoms with Gasteiger partial charge in [0.05, 0.1) is 0 Å². The molecule has 16 heavy (non-hydrogen) atoms. The molecule has 0 saturated heterocycles. The zero-order chi connectivity index (χ0) is 12.2. The van der Waals surface area contributed by atoms with Gasteiger partial charge in [-0.05, 0) is 13.5 Å². The Labute approximate surface area is 99.0 Å². The summed E-state index contributed by atoms with van der Waals surface area (Å²) in [5.74, 6) is 0.173. The van der Waals surface area contributed by atoms with Crippen LogP contribution in [0.15, 0.2) is 11.5 Å². The van der Waals surface area contributed by atoms with Gasteiger partial charge < -0.3 is 11.1 Å². The quantitative estimate of drug-likeness (QED) is 0.674. The van der Waals surface area contributed by atoms with Crippen LogP contribution >= 0.6 is 11.8 Å². The fourth-order valence-electron chi connectivity index (χ4n) is 1.22. The first-order chi connectivity index (χ1) is 7.49. The van der Waals surface area contributed by atoms with Gasteiger partial charge in [-0.1, -0.05) is 18.7 Å². The Kier molecular flexibility index (Phi) is 4.31. The molecule has 90 valence electrons. The second kappa shape index (κ2) is 5.31. The summed E-state index contributed by atoms with van der Waals surface area (Å²) in [6, 6.07) is 0. The average Bonchev–Trinajstić information content (AvgIpc) is 2.61. The van der Waals surface area contributed by atoms with E-state index in [9.17, 15) is 4.79 Å². The molecular formula is C9H17N5OS. The van der Waals surface area contributed by atoms with Gasteiger partial charge in [0.1, 0.15) is 11.9 Å². The fraction of sp³-hybridized carbons (Fsp3) is 0.667. The largest absolute Gasteiger partial charge is 0.368 e. The molecule has 0 aromatic carbocycles. The maximum atomic E-state index is 11.4. The van der Waals surface area contributed by atoms with E-state index in [0.717, 1.165) is 5.16 Å². The number of likely N-dealkylation sites (N-methyl/N-ethyl adjacent to an activating group) is 1. The van der Waals surface area contributed by atoms with E-state index in [2.05, 4.69) is 15.4 Å². The predicted octanol–water partition coefficient (Wildman–Crippen LogP) is -0.239. The van der Waals surface area contributed by atoms with Crippen molar-refractivity contribution in [3.63, 3.8) is 0 Å². The maximum absolute atomic E-state index is 11.4. The van der Waals surface area contributed by atoms with Crippen LogP contribution in [-0.2, 0) is 11.8 Å². The van der Waals surface area contributed by atoms with Crippen LogP contribution in [-0.4, -0.2) is 38.5 Å². The van der Waals surface area contributed by atoms with E-state index >= 15 is 0 Å². The van der Waals surface area contributed by atoms with Crippen LogP contribution in [0.2, 0.25) is 0 Å². The Morgan fingerprint density at radius 3 is 2.88 bits per heavy atom. The molecule has 0 aliphatic heterocycles. The summed E-state index contributed by atoms with van der Waals surface area (Å²) in [4.78, 5) is 15.4. The third kappa shape index (κ3) is 2.96. The van der Waals surface area contributed by atoms with Crippen molar-refractivity contribution in [1.82, 2.24) is 20.1 Å². The van der Waals surface area contributed by atoms with Gasteiger partial charge in [0, 0.05) is 12.8 Å². The van der Waals surface area contributed by atoms with E-state index in [4.69, 9.17) is 5.73 Å². The molecule has 1 rings (SSSR count). The molecule has 0 aliphatic rings. The van der Waals surface area contributed by atoms with Gasteiger partial charge in [-0.25, -0.2) is 9.67 Å². The number of carbonyl (C=O) groups excluding carboxylic acids is 1. The van der Waals surface area contributed by atoms with Crippen molar-refractivity contribution in [2.75, 3.05) is 12.3 Å². The van der Waals surface area contributed by atoms with Crippen LogP contribution in [0, 0.1) is 0 Å². The van der Waals surface area contributed by atoms with Crippen molar-refractivity contribution in [3.8, 4) is 0 Å². The van der Waals surface area contributed by atoms with Crippen LogP contribution in [0.3, 0.4) is 0 Å². The number of primary amides is 1. The van der Waals surface area contributed by atoms with Crippen LogP contribution in [0.5, 0.6) is 0 Å². The highest BCUT2D eigenvalue weighted by atomic mass is 32.2. The first kappa shape index (κ1) is 13.0. The Bertz CT molecular complexity index is 367. The smallest absolute Gasteiger partial charge is 0.238 e. The highest BCUT2D eigenvalue weighted by Crippen LogP contribution is 2.19. The molecule has 3 N–H and O–H groups in total. The molecule has 1 atom stereocenters. The minimum Gasteiger partial charge on any atom is -0.368 e. The molecule has 1 aromatic rings. The third-order valence-electron chi connectivity index (χ3n) is 2.27. The molecule has 7 heteroatoms. The second-order valence-corrected chi connectivity index (χ2v) is 4.62. The number of hydrogen-bond donors (Lipinski definition) is 2. The number of carbonyl (C=O) groups is 1. The third-order valence-corrected chi connectivity index (χ3v) is 3.62. The maximum Gasteiger partial charge on any atom is 0.238 e. The molecule has 0 saturated carbocycles. The molecule has 1 heterocycles. The van der Waals surface area contributed by atoms with E-state index in [1.165, 1.54) is 18.1 Å². The van der Waals surface area contributed by atoms with Gasteiger partial charge in [-0.15, -0.1) is 0 Å². The minimum atomic E-state index is -0.717. The van der Waals surface area contributed by atoms with Crippen LogP contribution in [0.4, 0.5) is 0 Å². The number of aryl methyl sites for hydroxylation is 1. The standard InChI is InChI=1S/C9H17N5OS/c1-4-12-9(2,7(10)15)5-16-8-11-6-13-14(8)3/h6,12H,4-5H2,1-3H3,(H2,10,15). The molecule has 1 aromatic heterocycles. The number of amides is 1. The Morgan fingerprint density at radius 2 is 2.44 bits per heavy atom. The van der Waals surface area contributed by atoms with E-state index in [0.29, 0.717) is 12.3 Å². The van der Waals surface area contributed by atoms with E-state index in [1.807, 2.05) is 14.0 Å². The zero-order valence-corrected chi connectivity index (χ0v) is 10.5. The summed E-state index contributed by atoms with van der Waals surface area (Å²) in [6.07, 6.45) is 1.48. The lowest BCUT2D eigenvalue weighted by Crippen LogP contribution is -2.55. The molecule has 0 fully saturated rings. The molecule has 0 aliphatic carbocycles. The van der Waals surface area contributed by atoms with Crippen LogP contribution < -0.4 is 11.1 Å². The molecule has 0 radical (unpaired) electrons. The lowest BCUT2D eigenvalue weighted by Gasteiger charge is -2.26. The Hall–Kier alpha value is -1.08. The topological polar surface area (TPSA) is 85.8 Å². The summed E-state index contributed by atoms with van der Waals surface area (Å²) >= 11 is 1.45. The van der Waals surface area contributed by atoms with Gasteiger partial charge in [0.15, 0.2) is 5.16 Å². The number of hydrogen-bond acceptors (Lipinski definition) is 5. The highest BCUT2D eigenvalue weighted by Gasteiger charge is 2.30. The summed E-state index contributed by atoms with van der Waals surface area (Å²) in [6.45, 7) is 4.43. The van der Waals surface area contributed by atoms with Crippen molar-refractivity contribution in [2.45, 2.75) is 24.5 Å². The Balaban J connectivity index is 2.64. The van der Waals surface area contributed by atoms with Crippen molar-refractivity contribution in [1.29, 1.82) is 0 Å². The van der Waals surface area contributed by atoms with Crippen molar-refractivity contribution in [2.24, 2.45) is 12.8 Å². The van der Waals surface area contributed by atoms with Crippen molar-refractivity contribution >= 4 is 17.7 Å². The molecule has 1 unspecified atom stereocenters. The van der Waals surface area contributed by atoms with Gasteiger partial charge >= 0.3 is 0 Å². The van der Waals surface area contributed by atoms with Crippen molar-refractivity contribution < 1.29 is 4.79 Å². The average molecular weight is 243 g/mol. The summed E-state index contributed by atoms with van der Waals surface area (Å²) in [7, 11) is 1.81. The zero-order valence-electron chi connectivity index (χ0n) is 9.73. The van der Waals surface area contributed by atoms with Crippen LogP contribution in [0.1, 0.15) is 13.8 Å². The van der Waals surface area contributed by atoms with E-state index in [1.54, 1.807) is 11.6 Å². The number of nitrogens with two attached hydrogens (primary N) is 1. The molecule has 0 bridgehead atoms. The van der Waals surface area contributed by atoms with E-state index < -0.39 is 5.54 Å². The summed E-state index contributed by atoms with van der Waals surface area (Å²) in [5.41, 5.74) is 4.66. The second-order valence-electron chi connectivity index (χ2n) is 3.68. The summed E-state index contributed by atoms with van der Waals surface area (Å²) in [5, 5.41) is 7.81. The number of nitrogens with zero attached hydrogens (tertiary/aromatic N) is 3. The number of rotatable bonds is 6. The lowest BCUT2D eigenvalue weighted by atomic mass is 10.1. The van der Waals surface area contributed by atoms with Gasteiger partial charge in [0.25, 0.3) is 0 Å². The minimum absolute atomic E-state index is 0.357. The molecule has 1 amide bonds. The van der Waals surface area contributed by atoms with Crippen LogP contribution in [0.25, 0.3) is 0 Å². The Morgan fingerprint density at radius 1 is 1.75 bits per heavy atom. The van der Waals surface area contributed by atoms with Gasteiger partial charge in [0.2, 0.25) is 5.91 Å². The lowest BCUT2D eigenvalue weighted by molar-refractivity contribution is -0.122. The first-order valence-electron chi connectivity index (χ1n) is 5.01. The van der Waals surface area contributed by atoms with Crippen molar-refractivity contribution in [3.05, 3.63) is 6.33 Å².